The molecule has 0 aliphatic carbocycles. The first kappa shape index (κ1) is 17.4. The van der Waals surface area contributed by atoms with Gasteiger partial charge in [-0.15, -0.1) is 0 Å². The molecule has 2 aromatic rings. The lowest BCUT2D eigenvalue weighted by Crippen LogP contribution is -2.25. The Bertz CT molecular complexity index is 804. The molecular weight excluding hydrogens is 304 g/mol. The first-order chi connectivity index (χ1) is 11.5. The van der Waals surface area contributed by atoms with Crippen molar-refractivity contribution in [2.75, 3.05) is 0 Å². The fourth-order valence-electron chi connectivity index (χ4n) is 2.56. The molecule has 0 aliphatic rings. The molecule has 1 aromatic heterocycles. The minimum atomic E-state index is -1.11. The summed E-state index contributed by atoms with van der Waals surface area (Å²) in [6, 6.07) is 11.2. The van der Waals surface area contributed by atoms with Gasteiger partial charge in [0.2, 0.25) is 0 Å². The smallest absolute Gasteiger partial charge is 0.314 e. The third-order valence-electron chi connectivity index (χ3n) is 3.96. The Hall–Kier alpha value is -3.00. The van der Waals surface area contributed by atoms with E-state index in [-0.39, 0.29) is 18.6 Å². The molecule has 1 unspecified atom stereocenters. The summed E-state index contributed by atoms with van der Waals surface area (Å²) in [6.45, 7) is 3.52. The first-order valence-corrected chi connectivity index (χ1v) is 7.68. The second-order valence-electron chi connectivity index (χ2n) is 5.58. The fraction of sp³-hybridized carbons (Fsp3) is 0.263. The molecule has 2 rings (SSSR count). The van der Waals surface area contributed by atoms with Crippen LogP contribution in [-0.2, 0) is 16.0 Å². The molecule has 0 bridgehead atoms. The molecule has 122 valence electrons. The number of hydrogen-bond acceptors (Lipinski definition) is 4. The second-order valence-corrected chi connectivity index (χ2v) is 5.58. The molecule has 0 amide bonds. The number of hydrogen-bond donors (Lipinski definition) is 1. The lowest BCUT2D eigenvalue weighted by Gasteiger charge is -2.11. The third kappa shape index (κ3) is 3.66. The van der Waals surface area contributed by atoms with E-state index in [0.29, 0.717) is 16.8 Å². The monoisotopic (exact) mass is 322 g/mol. The van der Waals surface area contributed by atoms with Crippen LogP contribution in [0, 0.1) is 24.2 Å². The predicted octanol–water partition coefficient (Wildman–Crippen LogP) is 3.15. The summed E-state index contributed by atoms with van der Waals surface area (Å²) in [7, 11) is 0. The number of nitriles is 1. The van der Waals surface area contributed by atoms with Gasteiger partial charge in [-0.25, -0.2) is 0 Å². The van der Waals surface area contributed by atoms with Gasteiger partial charge in [0.25, 0.3) is 0 Å². The molecule has 24 heavy (non-hydrogen) atoms. The molecule has 0 saturated heterocycles. The van der Waals surface area contributed by atoms with E-state index < -0.39 is 11.9 Å². The molecule has 0 saturated carbocycles. The standard InChI is InChI=1S/C19H18N2O3/c1-3-18(22)15(19(23)24)9-13-7-8-17(21-11-13)14-6-4-5-12(2)16(14)10-20/h4-8,11,15H,3,9H2,1-2H3,(H,23,24). The van der Waals surface area contributed by atoms with Gasteiger partial charge >= 0.3 is 5.97 Å². The van der Waals surface area contributed by atoms with Crippen molar-refractivity contribution in [3.05, 3.63) is 53.2 Å². The van der Waals surface area contributed by atoms with Crippen LogP contribution in [0.2, 0.25) is 0 Å². The Kier molecular flexibility index (Phi) is 5.43. The van der Waals surface area contributed by atoms with Gasteiger partial charge in [-0.3, -0.25) is 14.6 Å². The first-order valence-electron chi connectivity index (χ1n) is 7.68. The van der Waals surface area contributed by atoms with Crippen LogP contribution in [0.4, 0.5) is 0 Å². The number of aromatic nitrogens is 1. The van der Waals surface area contributed by atoms with Crippen LogP contribution in [0.5, 0.6) is 0 Å². The number of carbonyl (C=O) groups is 2. The molecule has 0 aliphatic heterocycles. The topological polar surface area (TPSA) is 91.0 Å². The molecule has 1 heterocycles. The van der Waals surface area contributed by atoms with Crippen molar-refractivity contribution >= 4 is 11.8 Å². The predicted molar refractivity (Wildman–Crippen MR) is 89.3 cm³/mol. The molecule has 0 spiro atoms. The van der Waals surface area contributed by atoms with Crippen molar-refractivity contribution in [1.82, 2.24) is 4.98 Å². The normalized spacial score (nSPS) is 11.5. The van der Waals surface area contributed by atoms with E-state index >= 15 is 0 Å². The van der Waals surface area contributed by atoms with Crippen molar-refractivity contribution in [2.45, 2.75) is 26.7 Å². The Morgan fingerprint density at radius 2 is 2.04 bits per heavy atom. The van der Waals surface area contributed by atoms with Gasteiger partial charge in [0.15, 0.2) is 0 Å². The van der Waals surface area contributed by atoms with Gasteiger partial charge in [0.1, 0.15) is 17.8 Å². The van der Waals surface area contributed by atoms with Crippen LogP contribution in [0.25, 0.3) is 11.3 Å². The zero-order valence-electron chi connectivity index (χ0n) is 13.6. The van der Waals surface area contributed by atoms with Crippen LogP contribution < -0.4 is 0 Å². The number of rotatable bonds is 6. The number of carboxylic acids is 1. The largest absolute Gasteiger partial charge is 0.481 e. The summed E-state index contributed by atoms with van der Waals surface area (Å²) < 4.78 is 0. The van der Waals surface area contributed by atoms with E-state index in [1.54, 1.807) is 25.3 Å². The number of ketones is 1. The molecule has 5 nitrogen and oxygen atoms in total. The van der Waals surface area contributed by atoms with E-state index in [2.05, 4.69) is 11.1 Å². The number of Topliss-reactive ketones (excluding diaryl/α,β-unsaturated/α-hetero) is 1. The number of nitrogens with zero attached hydrogens (tertiary/aromatic N) is 2. The van der Waals surface area contributed by atoms with Crippen LogP contribution in [0.3, 0.4) is 0 Å². The average Bonchev–Trinajstić information content (AvgIpc) is 2.59. The van der Waals surface area contributed by atoms with Crippen LogP contribution >= 0.6 is 0 Å². The highest BCUT2D eigenvalue weighted by Gasteiger charge is 2.25. The van der Waals surface area contributed by atoms with E-state index in [1.165, 1.54) is 0 Å². The zero-order valence-corrected chi connectivity index (χ0v) is 13.6. The van der Waals surface area contributed by atoms with Crippen LogP contribution in [0.1, 0.15) is 30.0 Å². The quantitative estimate of drug-likeness (QED) is 0.825. The summed E-state index contributed by atoms with van der Waals surface area (Å²) in [4.78, 5) is 27.3. The summed E-state index contributed by atoms with van der Waals surface area (Å²) in [5.74, 6) is -2.45. The van der Waals surface area contributed by atoms with E-state index in [9.17, 15) is 20.0 Å². The fourth-order valence-corrected chi connectivity index (χ4v) is 2.56. The Morgan fingerprint density at radius 1 is 1.29 bits per heavy atom. The Labute approximate surface area is 140 Å². The van der Waals surface area contributed by atoms with E-state index in [0.717, 1.165) is 11.1 Å². The van der Waals surface area contributed by atoms with Gasteiger partial charge in [-0.2, -0.15) is 5.26 Å². The van der Waals surface area contributed by atoms with E-state index in [1.807, 2.05) is 25.1 Å². The van der Waals surface area contributed by atoms with Crippen molar-refractivity contribution in [1.29, 1.82) is 5.26 Å². The molecule has 5 heteroatoms. The number of carbonyl (C=O) groups excluding carboxylic acids is 1. The molecule has 0 radical (unpaired) electrons. The Balaban J connectivity index is 2.29. The average molecular weight is 322 g/mol. The molecular formula is C19H18N2O3. The van der Waals surface area contributed by atoms with Crippen LogP contribution in [0.15, 0.2) is 36.5 Å². The van der Waals surface area contributed by atoms with Crippen molar-refractivity contribution in [3.8, 4) is 17.3 Å². The van der Waals surface area contributed by atoms with Crippen molar-refractivity contribution in [3.63, 3.8) is 0 Å². The SMILES string of the molecule is CCC(=O)C(Cc1ccc(-c2cccc(C)c2C#N)nc1)C(=O)O. The molecule has 0 fully saturated rings. The number of pyridine rings is 1. The molecule has 1 aromatic carbocycles. The molecule has 1 atom stereocenters. The maximum absolute atomic E-state index is 11.7. The van der Waals surface area contributed by atoms with Gasteiger partial charge in [-0.05, 0) is 30.5 Å². The maximum Gasteiger partial charge on any atom is 0.314 e. The molecule has 1 N–H and O–H groups in total. The van der Waals surface area contributed by atoms with Gasteiger partial charge in [-0.1, -0.05) is 31.2 Å². The highest BCUT2D eigenvalue weighted by atomic mass is 16.4. The summed E-state index contributed by atoms with van der Waals surface area (Å²) in [5.41, 5.74) is 3.51. The van der Waals surface area contributed by atoms with E-state index in [4.69, 9.17) is 0 Å². The number of aryl methyl sites for hydroxylation is 1. The highest BCUT2D eigenvalue weighted by Crippen LogP contribution is 2.24. The summed E-state index contributed by atoms with van der Waals surface area (Å²) in [6.07, 6.45) is 1.88. The second kappa shape index (κ2) is 7.51. The minimum Gasteiger partial charge on any atom is -0.481 e. The lowest BCUT2D eigenvalue weighted by atomic mass is 9.94. The lowest BCUT2D eigenvalue weighted by molar-refractivity contribution is -0.146. The highest BCUT2D eigenvalue weighted by molar-refractivity contribution is 5.98. The van der Waals surface area contributed by atoms with Crippen molar-refractivity contribution in [2.24, 2.45) is 5.92 Å². The van der Waals surface area contributed by atoms with Crippen LogP contribution in [-0.4, -0.2) is 21.8 Å². The minimum absolute atomic E-state index is 0.119. The summed E-state index contributed by atoms with van der Waals surface area (Å²) in [5, 5.41) is 18.5. The zero-order chi connectivity index (χ0) is 17.7. The third-order valence-corrected chi connectivity index (χ3v) is 3.96. The van der Waals surface area contributed by atoms with Gasteiger partial charge < -0.3 is 5.11 Å². The van der Waals surface area contributed by atoms with Gasteiger partial charge in [0.05, 0.1) is 11.3 Å². The Morgan fingerprint density at radius 3 is 2.58 bits per heavy atom. The van der Waals surface area contributed by atoms with Crippen molar-refractivity contribution < 1.29 is 14.7 Å². The summed E-state index contributed by atoms with van der Waals surface area (Å²) >= 11 is 0. The number of aliphatic carboxylic acids is 1. The number of benzene rings is 1. The van der Waals surface area contributed by atoms with Gasteiger partial charge in [0, 0.05) is 18.2 Å². The number of carboxylic acid groups (broad SMARTS) is 1. The maximum atomic E-state index is 11.7.